The molecular formula is C25H25N3O2S2. The van der Waals surface area contributed by atoms with Gasteiger partial charge in [-0.1, -0.05) is 25.2 Å². The lowest BCUT2D eigenvalue weighted by atomic mass is 10.2. The third kappa shape index (κ3) is 5.29. The smallest absolute Gasteiger partial charge is 0.260 e. The molecule has 0 aliphatic carbocycles. The minimum Gasteiger partial charge on any atom is -0.494 e. The summed E-state index contributed by atoms with van der Waals surface area (Å²) < 4.78 is 6.61. The van der Waals surface area contributed by atoms with Crippen molar-refractivity contribution in [1.29, 1.82) is 0 Å². The average molecular weight is 464 g/mol. The number of thioether (sulfide) groups is 1. The number of thiazole rings is 1. The summed E-state index contributed by atoms with van der Waals surface area (Å²) in [6, 6.07) is 17.5. The fourth-order valence-electron chi connectivity index (χ4n) is 3.27. The molecule has 2 heterocycles. The molecule has 0 aliphatic rings. The Morgan fingerprint density at radius 3 is 2.53 bits per heavy atom. The van der Waals surface area contributed by atoms with Gasteiger partial charge in [-0.3, -0.25) is 14.7 Å². The molecule has 0 spiro atoms. The highest BCUT2D eigenvalue weighted by atomic mass is 32.2. The van der Waals surface area contributed by atoms with E-state index in [1.54, 1.807) is 29.1 Å². The Labute approximate surface area is 196 Å². The van der Waals surface area contributed by atoms with Gasteiger partial charge in [0.25, 0.3) is 5.91 Å². The van der Waals surface area contributed by atoms with E-state index in [0.29, 0.717) is 29.1 Å². The number of aromatic nitrogens is 2. The quantitative estimate of drug-likeness (QED) is 0.282. The van der Waals surface area contributed by atoms with E-state index < -0.39 is 0 Å². The van der Waals surface area contributed by atoms with Crippen molar-refractivity contribution in [2.24, 2.45) is 0 Å². The van der Waals surface area contributed by atoms with Gasteiger partial charge in [0.1, 0.15) is 5.75 Å². The minimum atomic E-state index is -0.0769. The summed E-state index contributed by atoms with van der Waals surface area (Å²) in [5.74, 6) is 0.729. The van der Waals surface area contributed by atoms with Crippen LogP contribution < -0.4 is 9.64 Å². The second-order valence-electron chi connectivity index (χ2n) is 7.50. The monoisotopic (exact) mass is 463 g/mol. The van der Waals surface area contributed by atoms with E-state index >= 15 is 0 Å². The zero-order chi connectivity index (χ0) is 22.5. The molecule has 2 aromatic heterocycles. The molecule has 0 atom stereocenters. The van der Waals surface area contributed by atoms with E-state index in [-0.39, 0.29) is 5.91 Å². The van der Waals surface area contributed by atoms with Crippen molar-refractivity contribution in [3.05, 3.63) is 78.1 Å². The SMILES string of the molecule is CCOc1ccc2nc(N(Cc3ccncc3)C(=O)c3ccc(SC(C)C)cc3)sc2c1. The third-order valence-corrected chi connectivity index (χ3v) is 6.76. The van der Waals surface area contributed by atoms with Gasteiger partial charge in [0.15, 0.2) is 5.13 Å². The maximum absolute atomic E-state index is 13.6. The summed E-state index contributed by atoms with van der Waals surface area (Å²) in [5, 5.41) is 1.15. The Kier molecular flexibility index (Phi) is 7.07. The first-order chi connectivity index (χ1) is 15.5. The molecule has 7 heteroatoms. The zero-order valence-corrected chi connectivity index (χ0v) is 20.0. The predicted octanol–water partition coefficient (Wildman–Crippen LogP) is 6.44. The van der Waals surface area contributed by atoms with Crippen LogP contribution in [0.5, 0.6) is 5.75 Å². The Balaban J connectivity index is 1.68. The van der Waals surface area contributed by atoms with Crippen molar-refractivity contribution in [2.45, 2.75) is 37.5 Å². The van der Waals surface area contributed by atoms with E-state index in [9.17, 15) is 4.79 Å². The molecule has 1 amide bonds. The molecule has 32 heavy (non-hydrogen) atoms. The lowest BCUT2D eigenvalue weighted by Gasteiger charge is -2.20. The third-order valence-electron chi connectivity index (χ3n) is 4.70. The molecule has 0 saturated carbocycles. The summed E-state index contributed by atoms with van der Waals surface area (Å²) in [5.41, 5.74) is 2.49. The summed E-state index contributed by atoms with van der Waals surface area (Å²) in [7, 11) is 0. The maximum atomic E-state index is 13.6. The van der Waals surface area contributed by atoms with Crippen LogP contribution in [-0.4, -0.2) is 27.7 Å². The van der Waals surface area contributed by atoms with Crippen molar-refractivity contribution in [1.82, 2.24) is 9.97 Å². The Morgan fingerprint density at radius 1 is 1.09 bits per heavy atom. The van der Waals surface area contributed by atoms with E-state index in [1.807, 2.05) is 61.5 Å². The first kappa shape index (κ1) is 22.3. The van der Waals surface area contributed by atoms with Crippen molar-refractivity contribution in [2.75, 3.05) is 11.5 Å². The second kappa shape index (κ2) is 10.1. The van der Waals surface area contributed by atoms with Crippen LogP contribution in [0.3, 0.4) is 0 Å². The molecule has 0 fully saturated rings. The number of hydrogen-bond donors (Lipinski definition) is 0. The molecule has 0 N–H and O–H groups in total. The number of hydrogen-bond acceptors (Lipinski definition) is 6. The normalized spacial score (nSPS) is 11.1. The summed E-state index contributed by atoms with van der Waals surface area (Å²) in [6.07, 6.45) is 3.48. The van der Waals surface area contributed by atoms with Crippen molar-refractivity contribution in [3.8, 4) is 5.75 Å². The van der Waals surface area contributed by atoms with Crippen LogP contribution in [0.25, 0.3) is 10.2 Å². The molecule has 0 radical (unpaired) electrons. The number of amides is 1. The van der Waals surface area contributed by atoms with Gasteiger partial charge in [-0.05, 0) is 67.1 Å². The highest BCUT2D eigenvalue weighted by Gasteiger charge is 2.22. The van der Waals surface area contributed by atoms with Crippen LogP contribution in [0, 0.1) is 0 Å². The standard InChI is InChI=1S/C25H25N3O2S2/c1-4-30-20-7-10-22-23(15-20)32-25(27-22)28(16-18-11-13-26-14-12-18)24(29)19-5-8-21(9-6-19)31-17(2)3/h5-15,17H,4,16H2,1-3H3. The average Bonchev–Trinajstić information content (AvgIpc) is 3.21. The molecule has 4 aromatic rings. The van der Waals surface area contributed by atoms with E-state index in [4.69, 9.17) is 9.72 Å². The van der Waals surface area contributed by atoms with Crippen molar-refractivity contribution < 1.29 is 9.53 Å². The number of fused-ring (bicyclic) bond motifs is 1. The van der Waals surface area contributed by atoms with Crippen LogP contribution >= 0.6 is 23.1 Å². The zero-order valence-electron chi connectivity index (χ0n) is 18.3. The van der Waals surface area contributed by atoms with E-state index in [2.05, 4.69) is 18.8 Å². The number of carbonyl (C=O) groups excluding carboxylic acids is 1. The van der Waals surface area contributed by atoms with Crippen LogP contribution in [0.15, 0.2) is 71.9 Å². The van der Waals surface area contributed by atoms with Gasteiger partial charge in [0, 0.05) is 28.1 Å². The van der Waals surface area contributed by atoms with Gasteiger partial charge in [-0.2, -0.15) is 0 Å². The fraction of sp³-hybridized carbons (Fsp3) is 0.240. The molecule has 164 valence electrons. The number of ether oxygens (including phenoxy) is 1. The molecular weight excluding hydrogens is 438 g/mol. The Bertz CT molecular complexity index is 1190. The van der Waals surface area contributed by atoms with Gasteiger partial charge in [0.05, 0.1) is 23.4 Å². The van der Waals surface area contributed by atoms with Gasteiger partial charge >= 0.3 is 0 Å². The van der Waals surface area contributed by atoms with Crippen LogP contribution in [0.4, 0.5) is 5.13 Å². The number of benzene rings is 2. The molecule has 0 aliphatic heterocycles. The first-order valence-electron chi connectivity index (χ1n) is 10.5. The van der Waals surface area contributed by atoms with Gasteiger partial charge < -0.3 is 4.74 Å². The summed E-state index contributed by atoms with van der Waals surface area (Å²) in [6.45, 7) is 7.30. The topological polar surface area (TPSA) is 55.3 Å². The highest BCUT2D eigenvalue weighted by molar-refractivity contribution is 7.99. The van der Waals surface area contributed by atoms with Gasteiger partial charge in [-0.15, -0.1) is 11.8 Å². The predicted molar refractivity (Wildman–Crippen MR) is 133 cm³/mol. The van der Waals surface area contributed by atoms with Crippen LogP contribution in [0.2, 0.25) is 0 Å². The second-order valence-corrected chi connectivity index (χ2v) is 10.2. The van der Waals surface area contributed by atoms with Crippen LogP contribution in [0.1, 0.15) is 36.7 Å². The molecule has 0 unspecified atom stereocenters. The number of nitrogens with zero attached hydrogens (tertiary/aromatic N) is 3. The van der Waals surface area contributed by atoms with Gasteiger partial charge in [0.2, 0.25) is 0 Å². The molecule has 2 aromatic carbocycles. The van der Waals surface area contributed by atoms with Crippen molar-refractivity contribution in [3.63, 3.8) is 0 Å². The minimum absolute atomic E-state index is 0.0769. The summed E-state index contributed by atoms with van der Waals surface area (Å²) >= 11 is 3.27. The summed E-state index contributed by atoms with van der Waals surface area (Å²) in [4.78, 5) is 25.3. The number of pyridine rings is 1. The molecule has 4 rings (SSSR count). The van der Waals surface area contributed by atoms with E-state index in [0.717, 1.165) is 26.4 Å². The molecule has 0 saturated heterocycles. The van der Waals surface area contributed by atoms with Crippen LogP contribution in [-0.2, 0) is 6.54 Å². The fourth-order valence-corrected chi connectivity index (χ4v) is 5.10. The lowest BCUT2D eigenvalue weighted by Crippen LogP contribution is -2.30. The number of carbonyl (C=O) groups is 1. The lowest BCUT2D eigenvalue weighted by molar-refractivity contribution is 0.0985. The Hall–Kier alpha value is -2.90. The Morgan fingerprint density at radius 2 is 1.84 bits per heavy atom. The van der Waals surface area contributed by atoms with E-state index in [1.165, 1.54) is 11.3 Å². The van der Waals surface area contributed by atoms with Crippen molar-refractivity contribution >= 4 is 44.4 Å². The number of anilines is 1. The number of rotatable bonds is 8. The first-order valence-corrected chi connectivity index (χ1v) is 12.2. The maximum Gasteiger partial charge on any atom is 0.260 e. The molecule has 5 nitrogen and oxygen atoms in total. The largest absolute Gasteiger partial charge is 0.494 e. The highest BCUT2D eigenvalue weighted by Crippen LogP contribution is 2.33. The van der Waals surface area contributed by atoms with Gasteiger partial charge in [-0.25, -0.2) is 4.98 Å². The molecule has 0 bridgehead atoms.